The number of nitrogens with zero attached hydrogens (tertiary/aromatic N) is 1. The topological polar surface area (TPSA) is 54.7 Å². The highest BCUT2D eigenvalue weighted by Crippen LogP contribution is 2.13. The first kappa shape index (κ1) is 7.28. The number of hydrogen-bond donors (Lipinski definition) is 2. The van der Waals surface area contributed by atoms with Crippen LogP contribution in [-0.4, -0.2) is 16.0 Å². The van der Waals surface area contributed by atoms with Crippen LogP contribution in [0.1, 0.15) is 25.5 Å². The van der Waals surface area contributed by atoms with Gasteiger partial charge in [0.1, 0.15) is 0 Å². The Balaban J connectivity index is 2.68. The minimum Gasteiger partial charge on any atom is -0.348 e. The zero-order valence-corrected chi connectivity index (χ0v) is 6.33. The Kier molecular flexibility index (Phi) is 2.06. The van der Waals surface area contributed by atoms with Gasteiger partial charge in [-0.2, -0.15) is 0 Å². The monoisotopic (exact) mass is 139 g/mol. The molecule has 3 nitrogen and oxygen atoms in total. The van der Waals surface area contributed by atoms with Gasteiger partial charge in [-0.3, -0.25) is 0 Å². The van der Waals surface area contributed by atoms with Crippen molar-refractivity contribution in [2.45, 2.75) is 25.8 Å². The summed E-state index contributed by atoms with van der Waals surface area (Å²) in [4.78, 5) is 6.94. The van der Waals surface area contributed by atoms with Gasteiger partial charge in [-0.25, -0.2) is 4.98 Å². The van der Waals surface area contributed by atoms with Crippen molar-refractivity contribution < 1.29 is 0 Å². The van der Waals surface area contributed by atoms with Crippen LogP contribution in [0, 0.1) is 0 Å². The second-order valence-corrected chi connectivity index (χ2v) is 2.65. The molecule has 3 heteroatoms. The van der Waals surface area contributed by atoms with Gasteiger partial charge in [-0.15, -0.1) is 0 Å². The van der Waals surface area contributed by atoms with Gasteiger partial charge in [0.25, 0.3) is 0 Å². The van der Waals surface area contributed by atoms with E-state index in [0.717, 1.165) is 5.69 Å². The lowest BCUT2D eigenvalue weighted by molar-refractivity contribution is 0.601. The van der Waals surface area contributed by atoms with Crippen LogP contribution in [0.15, 0.2) is 12.5 Å². The van der Waals surface area contributed by atoms with E-state index in [4.69, 9.17) is 5.73 Å². The minimum atomic E-state index is 0.181. The predicted octanol–water partition coefficient (Wildman–Crippen LogP) is 0.860. The molecule has 10 heavy (non-hydrogen) atoms. The molecule has 0 amide bonds. The number of nitrogens with two attached hydrogens (primary N) is 1. The molecule has 0 saturated heterocycles. The molecule has 0 aliphatic rings. The summed E-state index contributed by atoms with van der Waals surface area (Å²) >= 11 is 0. The van der Waals surface area contributed by atoms with Crippen LogP contribution < -0.4 is 5.73 Å². The molecule has 56 valence electrons. The standard InChI is InChI=1S/C7H13N3/c1-5(6(2)8)7-3-9-4-10-7/h3-6H,8H2,1-2H3,(H,9,10)/t5-,6+/m1/s1. The summed E-state index contributed by atoms with van der Waals surface area (Å²) < 4.78 is 0. The smallest absolute Gasteiger partial charge is 0.0921 e. The molecular formula is C7H13N3. The van der Waals surface area contributed by atoms with Crippen LogP contribution in [0.2, 0.25) is 0 Å². The molecule has 0 radical (unpaired) electrons. The summed E-state index contributed by atoms with van der Waals surface area (Å²) in [7, 11) is 0. The molecule has 0 bridgehead atoms. The number of H-pyrrole nitrogens is 1. The third kappa shape index (κ3) is 1.36. The normalized spacial score (nSPS) is 16.7. The molecule has 3 N–H and O–H groups in total. The molecular weight excluding hydrogens is 126 g/mol. The highest BCUT2D eigenvalue weighted by atomic mass is 14.9. The fraction of sp³-hybridized carbons (Fsp3) is 0.571. The highest BCUT2D eigenvalue weighted by molar-refractivity contribution is 5.04. The fourth-order valence-corrected chi connectivity index (χ4v) is 0.799. The van der Waals surface area contributed by atoms with Gasteiger partial charge in [0.15, 0.2) is 0 Å². The SMILES string of the molecule is C[C@H](N)[C@@H](C)c1cnc[nH]1. The fourth-order valence-electron chi connectivity index (χ4n) is 0.799. The molecule has 2 atom stereocenters. The Morgan fingerprint density at radius 3 is 2.70 bits per heavy atom. The van der Waals surface area contributed by atoms with E-state index in [2.05, 4.69) is 16.9 Å². The summed E-state index contributed by atoms with van der Waals surface area (Å²) in [5.74, 6) is 0.363. The predicted molar refractivity (Wildman–Crippen MR) is 40.7 cm³/mol. The minimum absolute atomic E-state index is 0.181. The number of imidazole rings is 1. The Morgan fingerprint density at radius 1 is 1.60 bits per heavy atom. The summed E-state index contributed by atoms with van der Waals surface area (Å²) in [6.45, 7) is 4.07. The molecule has 1 heterocycles. The molecule has 0 aromatic carbocycles. The maximum absolute atomic E-state index is 5.68. The number of aromatic nitrogens is 2. The van der Waals surface area contributed by atoms with E-state index in [-0.39, 0.29) is 6.04 Å². The van der Waals surface area contributed by atoms with Crippen molar-refractivity contribution in [1.29, 1.82) is 0 Å². The second-order valence-electron chi connectivity index (χ2n) is 2.65. The zero-order valence-electron chi connectivity index (χ0n) is 6.33. The zero-order chi connectivity index (χ0) is 7.56. The Labute approximate surface area is 60.7 Å². The van der Waals surface area contributed by atoms with Crippen LogP contribution in [0.4, 0.5) is 0 Å². The van der Waals surface area contributed by atoms with Crippen molar-refractivity contribution in [2.24, 2.45) is 5.73 Å². The van der Waals surface area contributed by atoms with Crippen molar-refractivity contribution >= 4 is 0 Å². The molecule has 0 aliphatic heterocycles. The lowest BCUT2D eigenvalue weighted by Crippen LogP contribution is -2.22. The van der Waals surface area contributed by atoms with Crippen molar-refractivity contribution in [1.82, 2.24) is 9.97 Å². The maximum Gasteiger partial charge on any atom is 0.0921 e. The first-order chi connectivity index (χ1) is 4.72. The molecule has 0 saturated carbocycles. The average Bonchev–Trinajstić information content (AvgIpc) is 2.36. The Morgan fingerprint density at radius 2 is 2.30 bits per heavy atom. The van der Waals surface area contributed by atoms with Gasteiger partial charge in [-0.05, 0) is 6.92 Å². The molecule has 0 fully saturated rings. The van der Waals surface area contributed by atoms with Gasteiger partial charge < -0.3 is 10.7 Å². The lowest BCUT2D eigenvalue weighted by Gasteiger charge is -2.12. The first-order valence-corrected chi connectivity index (χ1v) is 3.45. The Bertz CT molecular complexity index is 179. The quantitative estimate of drug-likeness (QED) is 0.638. The Hall–Kier alpha value is -0.830. The van der Waals surface area contributed by atoms with E-state index in [1.54, 1.807) is 6.33 Å². The van der Waals surface area contributed by atoms with Gasteiger partial charge in [0, 0.05) is 23.9 Å². The van der Waals surface area contributed by atoms with E-state index < -0.39 is 0 Å². The van der Waals surface area contributed by atoms with Crippen molar-refractivity contribution in [3.63, 3.8) is 0 Å². The van der Waals surface area contributed by atoms with Crippen molar-refractivity contribution in [3.05, 3.63) is 18.2 Å². The van der Waals surface area contributed by atoms with Crippen LogP contribution >= 0.6 is 0 Å². The molecule has 0 aliphatic carbocycles. The summed E-state index contributed by atoms with van der Waals surface area (Å²) in [6, 6.07) is 0.181. The number of rotatable bonds is 2. The first-order valence-electron chi connectivity index (χ1n) is 3.45. The molecule has 1 rings (SSSR count). The number of aromatic amines is 1. The number of nitrogens with one attached hydrogen (secondary N) is 1. The largest absolute Gasteiger partial charge is 0.348 e. The van der Waals surface area contributed by atoms with Gasteiger partial charge in [0.2, 0.25) is 0 Å². The molecule has 1 aromatic heterocycles. The maximum atomic E-state index is 5.68. The summed E-state index contributed by atoms with van der Waals surface area (Å²) in [5, 5.41) is 0. The molecule has 0 unspecified atom stereocenters. The lowest BCUT2D eigenvalue weighted by atomic mass is 10.0. The second kappa shape index (κ2) is 2.84. The van der Waals surface area contributed by atoms with Gasteiger partial charge >= 0.3 is 0 Å². The van der Waals surface area contributed by atoms with Gasteiger partial charge in [-0.1, -0.05) is 6.92 Å². The van der Waals surface area contributed by atoms with Gasteiger partial charge in [0.05, 0.1) is 6.33 Å². The van der Waals surface area contributed by atoms with Crippen LogP contribution in [0.5, 0.6) is 0 Å². The van der Waals surface area contributed by atoms with Crippen molar-refractivity contribution in [3.8, 4) is 0 Å². The van der Waals surface area contributed by atoms with E-state index in [1.807, 2.05) is 13.1 Å². The van der Waals surface area contributed by atoms with Crippen LogP contribution in [0.25, 0.3) is 0 Å². The van der Waals surface area contributed by atoms with Crippen LogP contribution in [0.3, 0.4) is 0 Å². The van der Waals surface area contributed by atoms with Crippen molar-refractivity contribution in [2.75, 3.05) is 0 Å². The van der Waals surface area contributed by atoms with Crippen LogP contribution in [-0.2, 0) is 0 Å². The molecule has 0 spiro atoms. The van der Waals surface area contributed by atoms with E-state index in [1.165, 1.54) is 0 Å². The third-order valence-electron chi connectivity index (χ3n) is 1.80. The molecule has 1 aromatic rings. The highest BCUT2D eigenvalue weighted by Gasteiger charge is 2.10. The summed E-state index contributed by atoms with van der Waals surface area (Å²) in [6.07, 6.45) is 3.49. The summed E-state index contributed by atoms with van der Waals surface area (Å²) in [5.41, 5.74) is 6.79. The average molecular weight is 139 g/mol. The third-order valence-corrected chi connectivity index (χ3v) is 1.80. The number of hydrogen-bond acceptors (Lipinski definition) is 2. The van der Waals surface area contributed by atoms with E-state index in [0.29, 0.717) is 5.92 Å². The van der Waals surface area contributed by atoms with E-state index in [9.17, 15) is 0 Å². The van der Waals surface area contributed by atoms with E-state index >= 15 is 0 Å².